The molecule has 0 aliphatic heterocycles. The van der Waals surface area contributed by atoms with Crippen molar-refractivity contribution in [3.8, 4) is 0 Å². The molecular formula is C10H17N3O. The van der Waals surface area contributed by atoms with Crippen LogP contribution in [0.1, 0.15) is 6.42 Å². The zero-order valence-corrected chi connectivity index (χ0v) is 8.28. The minimum absolute atomic E-state index is 0.595. The van der Waals surface area contributed by atoms with Crippen LogP contribution in [-0.4, -0.2) is 31.3 Å². The third-order valence-corrected chi connectivity index (χ3v) is 1.74. The lowest BCUT2D eigenvalue weighted by Gasteiger charge is -2.05. The van der Waals surface area contributed by atoms with Gasteiger partial charge in [0.05, 0.1) is 6.61 Å². The first kappa shape index (κ1) is 10.9. The molecule has 0 atom stereocenters. The summed E-state index contributed by atoms with van der Waals surface area (Å²) in [6, 6.07) is 3.89. The first-order valence-corrected chi connectivity index (χ1v) is 4.85. The molecule has 0 bridgehead atoms. The lowest BCUT2D eigenvalue weighted by molar-refractivity contribution is 0.141. The van der Waals surface area contributed by atoms with Gasteiger partial charge in [-0.15, -0.1) is 0 Å². The highest BCUT2D eigenvalue weighted by molar-refractivity contribution is 5.40. The number of ether oxygens (including phenoxy) is 1. The van der Waals surface area contributed by atoms with Gasteiger partial charge in [-0.1, -0.05) is 0 Å². The Bertz CT molecular complexity index is 228. The summed E-state index contributed by atoms with van der Waals surface area (Å²) in [6.07, 6.45) is 4.53. The predicted molar refractivity (Wildman–Crippen MR) is 57.2 cm³/mol. The number of anilines is 1. The van der Waals surface area contributed by atoms with Gasteiger partial charge in [0.2, 0.25) is 0 Å². The van der Waals surface area contributed by atoms with Crippen LogP contribution in [0.3, 0.4) is 0 Å². The molecule has 4 heteroatoms. The molecule has 0 saturated heterocycles. The van der Waals surface area contributed by atoms with Gasteiger partial charge in [0, 0.05) is 37.8 Å². The topological polar surface area (TPSA) is 60.2 Å². The molecule has 0 unspecified atom stereocenters. The SMILES string of the molecule is NCCOCCCNc1ccncc1. The van der Waals surface area contributed by atoms with Crippen LogP contribution in [0.5, 0.6) is 0 Å². The summed E-state index contributed by atoms with van der Waals surface area (Å²) < 4.78 is 5.24. The molecule has 1 rings (SSSR count). The Labute approximate surface area is 84.5 Å². The van der Waals surface area contributed by atoms with Crippen molar-refractivity contribution in [1.82, 2.24) is 4.98 Å². The van der Waals surface area contributed by atoms with E-state index in [-0.39, 0.29) is 0 Å². The summed E-state index contributed by atoms with van der Waals surface area (Å²) in [5, 5.41) is 3.27. The average Bonchev–Trinajstić information content (AvgIpc) is 2.25. The normalized spacial score (nSPS) is 10.1. The van der Waals surface area contributed by atoms with Crippen molar-refractivity contribution >= 4 is 5.69 Å². The number of aromatic nitrogens is 1. The van der Waals surface area contributed by atoms with Gasteiger partial charge in [-0.05, 0) is 18.6 Å². The highest BCUT2D eigenvalue weighted by Crippen LogP contribution is 2.02. The second kappa shape index (κ2) is 7.29. The van der Waals surface area contributed by atoms with E-state index in [2.05, 4.69) is 10.3 Å². The Morgan fingerprint density at radius 3 is 2.79 bits per heavy atom. The van der Waals surface area contributed by atoms with Crippen LogP contribution in [0.15, 0.2) is 24.5 Å². The number of rotatable bonds is 7. The first-order chi connectivity index (χ1) is 6.93. The number of nitrogens with zero attached hydrogens (tertiary/aromatic N) is 1. The molecule has 0 radical (unpaired) electrons. The van der Waals surface area contributed by atoms with Crippen LogP contribution < -0.4 is 11.1 Å². The molecule has 0 aromatic carbocycles. The van der Waals surface area contributed by atoms with Crippen LogP contribution in [0.4, 0.5) is 5.69 Å². The third-order valence-electron chi connectivity index (χ3n) is 1.74. The average molecular weight is 195 g/mol. The molecule has 4 nitrogen and oxygen atoms in total. The Hall–Kier alpha value is -1.13. The Morgan fingerprint density at radius 1 is 1.29 bits per heavy atom. The number of hydrogen-bond acceptors (Lipinski definition) is 4. The second-order valence-electron chi connectivity index (χ2n) is 2.92. The van der Waals surface area contributed by atoms with Crippen LogP contribution in [0.25, 0.3) is 0 Å². The van der Waals surface area contributed by atoms with E-state index in [1.54, 1.807) is 12.4 Å². The van der Waals surface area contributed by atoms with Crippen molar-refractivity contribution in [1.29, 1.82) is 0 Å². The molecule has 0 saturated carbocycles. The van der Waals surface area contributed by atoms with E-state index in [9.17, 15) is 0 Å². The van der Waals surface area contributed by atoms with Crippen molar-refractivity contribution in [2.45, 2.75) is 6.42 Å². The lowest BCUT2D eigenvalue weighted by Crippen LogP contribution is -2.11. The predicted octanol–water partition coefficient (Wildman–Crippen LogP) is 0.859. The fraction of sp³-hybridized carbons (Fsp3) is 0.500. The highest BCUT2D eigenvalue weighted by atomic mass is 16.5. The van der Waals surface area contributed by atoms with E-state index in [1.807, 2.05) is 12.1 Å². The van der Waals surface area contributed by atoms with Crippen molar-refractivity contribution in [2.75, 3.05) is 31.6 Å². The summed E-state index contributed by atoms with van der Waals surface area (Å²) in [5.41, 5.74) is 6.38. The maximum absolute atomic E-state index is 5.29. The van der Waals surface area contributed by atoms with Crippen molar-refractivity contribution < 1.29 is 4.74 Å². The number of hydrogen-bond donors (Lipinski definition) is 2. The summed E-state index contributed by atoms with van der Waals surface area (Å²) in [5.74, 6) is 0. The fourth-order valence-electron chi connectivity index (χ4n) is 1.06. The largest absolute Gasteiger partial charge is 0.385 e. The number of pyridine rings is 1. The zero-order chi connectivity index (χ0) is 10.1. The molecule has 1 aromatic heterocycles. The maximum Gasteiger partial charge on any atom is 0.0588 e. The minimum Gasteiger partial charge on any atom is -0.385 e. The fourth-order valence-corrected chi connectivity index (χ4v) is 1.06. The van der Waals surface area contributed by atoms with Gasteiger partial charge >= 0.3 is 0 Å². The van der Waals surface area contributed by atoms with Crippen LogP contribution in [0, 0.1) is 0 Å². The third kappa shape index (κ3) is 4.79. The zero-order valence-electron chi connectivity index (χ0n) is 8.28. The van der Waals surface area contributed by atoms with E-state index >= 15 is 0 Å². The quantitative estimate of drug-likeness (QED) is 0.633. The number of nitrogens with two attached hydrogens (primary N) is 1. The van der Waals surface area contributed by atoms with E-state index in [0.29, 0.717) is 13.2 Å². The van der Waals surface area contributed by atoms with Gasteiger partial charge in [-0.25, -0.2) is 0 Å². The van der Waals surface area contributed by atoms with E-state index in [0.717, 1.165) is 25.3 Å². The van der Waals surface area contributed by atoms with Crippen LogP contribution in [0.2, 0.25) is 0 Å². The van der Waals surface area contributed by atoms with Gasteiger partial charge < -0.3 is 15.8 Å². The van der Waals surface area contributed by atoms with Gasteiger partial charge in [-0.2, -0.15) is 0 Å². The van der Waals surface area contributed by atoms with Gasteiger partial charge in [0.25, 0.3) is 0 Å². The second-order valence-corrected chi connectivity index (χ2v) is 2.92. The van der Waals surface area contributed by atoms with Crippen molar-refractivity contribution in [3.05, 3.63) is 24.5 Å². The maximum atomic E-state index is 5.29. The lowest BCUT2D eigenvalue weighted by atomic mass is 10.4. The summed E-state index contributed by atoms with van der Waals surface area (Å²) in [6.45, 7) is 2.91. The summed E-state index contributed by atoms with van der Waals surface area (Å²) in [7, 11) is 0. The van der Waals surface area contributed by atoms with Crippen molar-refractivity contribution in [3.63, 3.8) is 0 Å². The highest BCUT2D eigenvalue weighted by Gasteiger charge is 1.90. The molecule has 0 amide bonds. The molecule has 0 fully saturated rings. The molecule has 0 aliphatic rings. The standard InChI is InChI=1S/C10H17N3O/c11-4-9-14-8-1-5-13-10-2-6-12-7-3-10/h2-3,6-7H,1,4-5,8-9,11H2,(H,12,13). The Kier molecular flexibility index (Phi) is 5.70. The van der Waals surface area contributed by atoms with Gasteiger partial charge in [-0.3, -0.25) is 4.98 Å². The Morgan fingerprint density at radius 2 is 2.07 bits per heavy atom. The van der Waals surface area contributed by atoms with Crippen LogP contribution >= 0.6 is 0 Å². The van der Waals surface area contributed by atoms with Gasteiger partial charge in [0.1, 0.15) is 0 Å². The monoisotopic (exact) mass is 195 g/mol. The van der Waals surface area contributed by atoms with E-state index < -0.39 is 0 Å². The molecule has 3 N–H and O–H groups in total. The number of nitrogens with one attached hydrogen (secondary N) is 1. The Balaban J connectivity index is 1.99. The molecule has 78 valence electrons. The molecule has 0 aliphatic carbocycles. The minimum atomic E-state index is 0.595. The smallest absolute Gasteiger partial charge is 0.0588 e. The molecule has 1 heterocycles. The van der Waals surface area contributed by atoms with Crippen LogP contribution in [-0.2, 0) is 4.74 Å². The molecule has 14 heavy (non-hydrogen) atoms. The summed E-state index contributed by atoms with van der Waals surface area (Å²) in [4.78, 5) is 3.94. The molecule has 0 spiro atoms. The molecular weight excluding hydrogens is 178 g/mol. The van der Waals surface area contributed by atoms with Crippen molar-refractivity contribution in [2.24, 2.45) is 5.73 Å². The summed E-state index contributed by atoms with van der Waals surface area (Å²) >= 11 is 0. The van der Waals surface area contributed by atoms with E-state index in [4.69, 9.17) is 10.5 Å². The molecule has 1 aromatic rings. The first-order valence-electron chi connectivity index (χ1n) is 4.85. The van der Waals surface area contributed by atoms with E-state index in [1.165, 1.54) is 0 Å². The van der Waals surface area contributed by atoms with Gasteiger partial charge in [0.15, 0.2) is 0 Å².